The molecule has 1 saturated heterocycles. The van der Waals surface area contributed by atoms with Crippen LogP contribution in [0.2, 0.25) is 0 Å². The van der Waals surface area contributed by atoms with E-state index in [0.29, 0.717) is 6.54 Å². The van der Waals surface area contributed by atoms with E-state index in [0.717, 1.165) is 44.4 Å². The summed E-state index contributed by atoms with van der Waals surface area (Å²) in [6.07, 6.45) is 1.79. The van der Waals surface area contributed by atoms with Crippen LogP contribution in [0.25, 0.3) is 0 Å². The molecule has 0 saturated carbocycles. The Labute approximate surface area is 96.3 Å². The van der Waals surface area contributed by atoms with Gasteiger partial charge in [-0.3, -0.25) is 0 Å². The molecule has 88 valence electrons. The van der Waals surface area contributed by atoms with E-state index in [1.807, 2.05) is 6.07 Å². The minimum atomic E-state index is 0.406. The topological polar surface area (TPSA) is 58.3 Å². The van der Waals surface area contributed by atoms with Crippen molar-refractivity contribution in [1.29, 1.82) is 0 Å². The summed E-state index contributed by atoms with van der Waals surface area (Å²) in [6.45, 7) is 8.03. The highest BCUT2D eigenvalue weighted by atomic mass is 15.3. The van der Waals surface area contributed by atoms with Gasteiger partial charge >= 0.3 is 0 Å². The third-order valence-electron chi connectivity index (χ3n) is 3.02. The van der Waals surface area contributed by atoms with Gasteiger partial charge in [-0.2, -0.15) is 0 Å². The molecule has 0 radical (unpaired) electrons. The number of anilines is 1. The van der Waals surface area contributed by atoms with Gasteiger partial charge in [0.2, 0.25) is 0 Å². The Morgan fingerprint density at radius 3 is 2.69 bits per heavy atom. The number of rotatable bonds is 3. The Kier molecular flexibility index (Phi) is 3.69. The van der Waals surface area contributed by atoms with Crippen LogP contribution < -0.4 is 10.6 Å². The second kappa shape index (κ2) is 5.23. The van der Waals surface area contributed by atoms with E-state index in [2.05, 4.69) is 26.7 Å². The van der Waals surface area contributed by atoms with Gasteiger partial charge in [-0.1, -0.05) is 6.92 Å². The van der Waals surface area contributed by atoms with E-state index >= 15 is 0 Å². The molecule has 1 aliphatic rings. The lowest BCUT2D eigenvalue weighted by Crippen LogP contribution is -2.46. The molecule has 1 aromatic rings. The first-order chi connectivity index (χ1) is 7.83. The smallest absolute Gasteiger partial charge is 0.144 e. The molecular weight excluding hydrogens is 202 g/mol. The molecule has 0 aliphatic carbocycles. The zero-order chi connectivity index (χ0) is 11.4. The van der Waals surface area contributed by atoms with Crippen LogP contribution in [0.5, 0.6) is 0 Å². The molecular formula is C11H19N5. The molecule has 16 heavy (non-hydrogen) atoms. The molecule has 2 N–H and O–H groups in total. The predicted octanol–water partition coefficient (Wildman–Crippen LogP) is 0.0772. The van der Waals surface area contributed by atoms with E-state index < -0.39 is 0 Å². The minimum absolute atomic E-state index is 0.406. The van der Waals surface area contributed by atoms with E-state index in [1.54, 1.807) is 6.20 Å². The van der Waals surface area contributed by atoms with Crippen LogP contribution in [0.1, 0.15) is 12.7 Å². The molecule has 1 aliphatic heterocycles. The van der Waals surface area contributed by atoms with Crippen LogP contribution >= 0.6 is 0 Å². The Bertz CT molecular complexity index is 333. The maximum Gasteiger partial charge on any atom is 0.144 e. The Balaban J connectivity index is 2.02. The highest BCUT2D eigenvalue weighted by molar-refractivity contribution is 5.38. The van der Waals surface area contributed by atoms with Crippen molar-refractivity contribution in [2.24, 2.45) is 5.73 Å². The van der Waals surface area contributed by atoms with Crippen molar-refractivity contribution in [2.75, 3.05) is 37.6 Å². The highest BCUT2D eigenvalue weighted by Crippen LogP contribution is 2.12. The Hall–Kier alpha value is -1.20. The first kappa shape index (κ1) is 11.3. The monoisotopic (exact) mass is 221 g/mol. The van der Waals surface area contributed by atoms with Gasteiger partial charge in [0.05, 0.1) is 6.54 Å². The van der Waals surface area contributed by atoms with Crippen molar-refractivity contribution in [3.05, 3.63) is 18.1 Å². The van der Waals surface area contributed by atoms with Gasteiger partial charge in [0.15, 0.2) is 0 Å². The summed E-state index contributed by atoms with van der Waals surface area (Å²) < 4.78 is 0. The number of aromatic nitrogens is 2. The number of nitrogens with zero attached hydrogens (tertiary/aromatic N) is 4. The van der Waals surface area contributed by atoms with E-state index in [1.165, 1.54) is 0 Å². The fourth-order valence-corrected chi connectivity index (χ4v) is 1.96. The molecule has 1 fully saturated rings. The minimum Gasteiger partial charge on any atom is -0.354 e. The third kappa shape index (κ3) is 2.48. The molecule has 5 nitrogen and oxygen atoms in total. The van der Waals surface area contributed by atoms with Crippen LogP contribution in [0.15, 0.2) is 12.3 Å². The zero-order valence-corrected chi connectivity index (χ0v) is 9.76. The van der Waals surface area contributed by atoms with Crippen molar-refractivity contribution >= 4 is 5.82 Å². The third-order valence-corrected chi connectivity index (χ3v) is 3.02. The average Bonchev–Trinajstić information content (AvgIpc) is 2.39. The fourth-order valence-electron chi connectivity index (χ4n) is 1.96. The summed E-state index contributed by atoms with van der Waals surface area (Å²) in [7, 11) is 0. The van der Waals surface area contributed by atoms with E-state index in [4.69, 9.17) is 5.73 Å². The predicted molar refractivity (Wildman–Crippen MR) is 64.3 cm³/mol. The molecule has 0 bridgehead atoms. The van der Waals surface area contributed by atoms with Crippen LogP contribution in [0, 0.1) is 0 Å². The number of nitrogens with two attached hydrogens (primary N) is 1. The second-order valence-electron chi connectivity index (χ2n) is 3.96. The molecule has 0 unspecified atom stereocenters. The lowest BCUT2D eigenvalue weighted by Gasteiger charge is -2.34. The molecule has 0 aromatic carbocycles. The van der Waals surface area contributed by atoms with Gasteiger partial charge in [0, 0.05) is 32.4 Å². The van der Waals surface area contributed by atoms with Gasteiger partial charge in [-0.25, -0.2) is 9.97 Å². The first-order valence-corrected chi connectivity index (χ1v) is 5.82. The van der Waals surface area contributed by atoms with Gasteiger partial charge in [-0.15, -0.1) is 0 Å². The van der Waals surface area contributed by atoms with Crippen LogP contribution in [-0.2, 0) is 6.54 Å². The summed E-state index contributed by atoms with van der Waals surface area (Å²) >= 11 is 0. The summed E-state index contributed by atoms with van der Waals surface area (Å²) in [5.74, 6) is 1.72. The highest BCUT2D eigenvalue weighted by Gasteiger charge is 2.16. The number of hydrogen-bond donors (Lipinski definition) is 1. The van der Waals surface area contributed by atoms with Crippen molar-refractivity contribution in [1.82, 2.24) is 14.9 Å². The molecule has 5 heteroatoms. The number of piperazine rings is 1. The molecule has 0 spiro atoms. The van der Waals surface area contributed by atoms with Crippen LogP contribution in [0.4, 0.5) is 5.82 Å². The molecule has 2 rings (SSSR count). The average molecular weight is 221 g/mol. The van der Waals surface area contributed by atoms with Gasteiger partial charge < -0.3 is 15.5 Å². The quantitative estimate of drug-likeness (QED) is 0.783. The van der Waals surface area contributed by atoms with Crippen LogP contribution in [0.3, 0.4) is 0 Å². The SMILES string of the molecule is CCN1CCN(c2ccnc(CN)n2)CC1. The van der Waals surface area contributed by atoms with E-state index in [-0.39, 0.29) is 0 Å². The fraction of sp³-hybridized carbons (Fsp3) is 0.636. The van der Waals surface area contributed by atoms with Crippen molar-refractivity contribution in [3.63, 3.8) is 0 Å². The molecule has 0 atom stereocenters. The van der Waals surface area contributed by atoms with Crippen molar-refractivity contribution in [2.45, 2.75) is 13.5 Å². The first-order valence-electron chi connectivity index (χ1n) is 5.82. The Morgan fingerprint density at radius 1 is 1.31 bits per heavy atom. The zero-order valence-electron chi connectivity index (χ0n) is 9.76. The molecule has 0 amide bonds. The van der Waals surface area contributed by atoms with Gasteiger partial charge in [0.25, 0.3) is 0 Å². The summed E-state index contributed by atoms with van der Waals surface area (Å²) in [4.78, 5) is 13.3. The lowest BCUT2D eigenvalue weighted by atomic mass is 10.3. The van der Waals surface area contributed by atoms with E-state index in [9.17, 15) is 0 Å². The lowest BCUT2D eigenvalue weighted by molar-refractivity contribution is 0.270. The number of likely N-dealkylation sites (N-methyl/N-ethyl adjacent to an activating group) is 1. The van der Waals surface area contributed by atoms with Crippen molar-refractivity contribution < 1.29 is 0 Å². The largest absolute Gasteiger partial charge is 0.354 e. The molecule has 1 aromatic heterocycles. The summed E-state index contributed by atoms with van der Waals surface area (Å²) in [5, 5.41) is 0. The number of hydrogen-bond acceptors (Lipinski definition) is 5. The van der Waals surface area contributed by atoms with Gasteiger partial charge in [-0.05, 0) is 12.6 Å². The van der Waals surface area contributed by atoms with Crippen LogP contribution in [-0.4, -0.2) is 47.6 Å². The van der Waals surface area contributed by atoms with Gasteiger partial charge in [0.1, 0.15) is 11.6 Å². The maximum atomic E-state index is 5.54. The molecule has 2 heterocycles. The second-order valence-corrected chi connectivity index (χ2v) is 3.96. The maximum absolute atomic E-state index is 5.54. The summed E-state index contributed by atoms with van der Waals surface area (Å²) in [5.41, 5.74) is 5.54. The summed E-state index contributed by atoms with van der Waals surface area (Å²) in [6, 6.07) is 1.96. The normalized spacial score (nSPS) is 17.8. The van der Waals surface area contributed by atoms with Crippen molar-refractivity contribution in [3.8, 4) is 0 Å². The standard InChI is InChI=1S/C11H19N5/c1-2-15-5-7-16(8-6-15)11-3-4-13-10(9-12)14-11/h3-4H,2,5-9,12H2,1H3. The Morgan fingerprint density at radius 2 is 2.06 bits per heavy atom.